The average Bonchev–Trinajstić information content (AvgIpc) is 3.56. The van der Waals surface area contributed by atoms with Gasteiger partial charge in [0.25, 0.3) is 5.91 Å². The molecule has 37 heavy (non-hydrogen) atoms. The van der Waals surface area contributed by atoms with Crippen molar-refractivity contribution in [3.05, 3.63) is 108 Å². The van der Waals surface area contributed by atoms with Gasteiger partial charge in [-0.15, -0.1) is 11.3 Å². The topological polar surface area (TPSA) is 93.9 Å². The van der Waals surface area contributed by atoms with Crippen LogP contribution in [0.15, 0.2) is 96.2 Å². The molecule has 3 heterocycles. The number of benzene rings is 2. The molecule has 0 aliphatic heterocycles. The van der Waals surface area contributed by atoms with Crippen LogP contribution in [-0.2, 0) is 16.4 Å². The third kappa shape index (κ3) is 5.48. The molecule has 0 saturated heterocycles. The first-order valence-corrected chi connectivity index (χ1v) is 14.3. The molecule has 0 unspecified atom stereocenters. The molecule has 5 aromatic rings. The Hall–Kier alpha value is -3.79. The molecule has 0 fully saturated rings. The predicted octanol–water partition coefficient (Wildman–Crippen LogP) is 5.65. The number of nitrogens with zero attached hydrogens (tertiary/aromatic N) is 3. The number of halogens is 1. The summed E-state index contributed by atoms with van der Waals surface area (Å²) in [5.74, 6) is -0.318. The van der Waals surface area contributed by atoms with Crippen LogP contribution in [-0.4, -0.2) is 35.3 Å². The van der Waals surface area contributed by atoms with E-state index in [0.717, 1.165) is 20.9 Å². The lowest BCUT2D eigenvalue weighted by Crippen LogP contribution is -2.23. The molecule has 0 spiro atoms. The number of pyridine rings is 1. The van der Waals surface area contributed by atoms with Crippen molar-refractivity contribution in [2.75, 3.05) is 6.26 Å². The number of para-hydroxylation sites is 1. The highest BCUT2D eigenvalue weighted by atomic mass is 35.5. The minimum atomic E-state index is -3.33. The molecule has 7 nitrogen and oxygen atoms in total. The van der Waals surface area contributed by atoms with Crippen molar-refractivity contribution in [2.24, 2.45) is 0 Å². The van der Waals surface area contributed by atoms with Gasteiger partial charge in [-0.2, -0.15) is 5.10 Å². The lowest BCUT2D eigenvalue weighted by atomic mass is 10.2. The molecule has 0 radical (unpaired) electrons. The van der Waals surface area contributed by atoms with Crippen LogP contribution in [0.2, 0.25) is 5.02 Å². The average molecular weight is 549 g/mol. The van der Waals surface area contributed by atoms with Crippen LogP contribution in [0.25, 0.3) is 26.7 Å². The molecular weight excluding hydrogens is 528 g/mol. The molecular formula is C27H21ClN4O3S2. The zero-order chi connectivity index (χ0) is 26.0. The predicted molar refractivity (Wildman–Crippen MR) is 146 cm³/mol. The number of rotatable bonds is 7. The van der Waals surface area contributed by atoms with Crippen molar-refractivity contribution >= 4 is 38.7 Å². The normalized spacial score (nSPS) is 11.4. The van der Waals surface area contributed by atoms with Gasteiger partial charge in [-0.05, 0) is 65.7 Å². The molecule has 2 aromatic carbocycles. The summed E-state index contributed by atoms with van der Waals surface area (Å²) in [5, 5.41) is 7.98. The highest BCUT2D eigenvalue weighted by Gasteiger charge is 2.20. The Kier molecular flexibility index (Phi) is 6.92. The van der Waals surface area contributed by atoms with E-state index in [2.05, 4.69) is 15.4 Å². The number of nitrogens with one attached hydrogen (secondary N) is 1. The number of hydrogen-bond acceptors (Lipinski definition) is 6. The lowest BCUT2D eigenvalue weighted by Gasteiger charge is -2.08. The monoisotopic (exact) mass is 548 g/mol. The van der Waals surface area contributed by atoms with Crippen molar-refractivity contribution in [1.29, 1.82) is 0 Å². The zero-order valence-electron chi connectivity index (χ0n) is 19.6. The summed E-state index contributed by atoms with van der Waals surface area (Å²) in [5.41, 5.74) is 3.30. The summed E-state index contributed by atoms with van der Waals surface area (Å²) >= 11 is 7.96. The Morgan fingerprint density at radius 1 is 0.973 bits per heavy atom. The van der Waals surface area contributed by atoms with Gasteiger partial charge in [-0.1, -0.05) is 35.9 Å². The SMILES string of the molecule is CS(=O)(=O)c1cccc(-c2ccc(-c3cc(C(=O)NCc4ccncc4)nn3-c3ccccc3Cl)s2)c1. The Morgan fingerprint density at radius 2 is 1.73 bits per heavy atom. The number of hydrogen-bond donors (Lipinski definition) is 1. The van der Waals surface area contributed by atoms with Crippen LogP contribution >= 0.6 is 22.9 Å². The van der Waals surface area contributed by atoms with Crippen LogP contribution in [0.5, 0.6) is 0 Å². The van der Waals surface area contributed by atoms with Crippen molar-refractivity contribution in [3.63, 3.8) is 0 Å². The summed E-state index contributed by atoms with van der Waals surface area (Å²) in [6.07, 6.45) is 4.53. The van der Waals surface area contributed by atoms with Gasteiger partial charge in [0.15, 0.2) is 15.5 Å². The molecule has 0 bridgehead atoms. The van der Waals surface area contributed by atoms with Crippen molar-refractivity contribution < 1.29 is 13.2 Å². The van der Waals surface area contributed by atoms with Gasteiger partial charge in [0.05, 0.1) is 26.2 Å². The molecule has 1 amide bonds. The second-order valence-corrected chi connectivity index (χ2v) is 11.8. The van der Waals surface area contributed by atoms with Crippen LogP contribution in [0.1, 0.15) is 16.1 Å². The summed E-state index contributed by atoms with van der Waals surface area (Å²) in [6, 6.07) is 23.4. The van der Waals surface area contributed by atoms with E-state index in [1.807, 2.05) is 48.5 Å². The third-order valence-electron chi connectivity index (χ3n) is 5.63. The fourth-order valence-electron chi connectivity index (χ4n) is 3.76. The lowest BCUT2D eigenvalue weighted by molar-refractivity contribution is 0.0945. The van der Waals surface area contributed by atoms with Crippen molar-refractivity contribution in [2.45, 2.75) is 11.4 Å². The van der Waals surface area contributed by atoms with Gasteiger partial charge in [-0.25, -0.2) is 13.1 Å². The summed E-state index contributed by atoms with van der Waals surface area (Å²) in [7, 11) is -3.33. The van der Waals surface area contributed by atoms with Gasteiger partial charge >= 0.3 is 0 Å². The third-order valence-corrected chi connectivity index (χ3v) is 8.22. The quantitative estimate of drug-likeness (QED) is 0.284. The molecule has 5 rings (SSSR count). The smallest absolute Gasteiger partial charge is 0.272 e. The van der Waals surface area contributed by atoms with Gasteiger partial charge in [0.1, 0.15) is 0 Å². The van der Waals surface area contributed by atoms with E-state index in [4.69, 9.17) is 11.6 Å². The van der Waals surface area contributed by atoms with E-state index in [-0.39, 0.29) is 16.5 Å². The highest BCUT2D eigenvalue weighted by molar-refractivity contribution is 7.90. The van der Waals surface area contributed by atoms with Crippen molar-refractivity contribution in [3.8, 4) is 26.7 Å². The van der Waals surface area contributed by atoms with E-state index >= 15 is 0 Å². The second-order valence-electron chi connectivity index (χ2n) is 8.28. The van der Waals surface area contributed by atoms with Crippen LogP contribution in [0.4, 0.5) is 0 Å². The molecule has 0 saturated carbocycles. The minimum Gasteiger partial charge on any atom is -0.347 e. The highest BCUT2D eigenvalue weighted by Crippen LogP contribution is 2.37. The number of thiophene rings is 1. The maximum Gasteiger partial charge on any atom is 0.272 e. The molecule has 1 N–H and O–H groups in total. The Morgan fingerprint density at radius 3 is 2.49 bits per heavy atom. The number of amides is 1. The van der Waals surface area contributed by atoms with E-state index in [1.165, 1.54) is 17.6 Å². The Bertz CT molecular complexity index is 1700. The molecule has 0 aliphatic carbocycles. The van der Waals surface area contributed by atoms with Crippen molar-refractivity contribution in [1.82, 2.24) is 20.1 Å². The number of sulfone groups is 1. The number of aromatic nitrogens is 3. The molecule has 3 aromatic heterocycles. The molecule has 0 atom stereocenters. The Labute approximate surface area is 223 Å². The van der Waals surface area contributed by atoms with Crippen LogP contribution < -0.4 is 5.32 Å². The van der Waals surface area contributed by atoms with E-state index in [9.17, 15) is 13.2 Å². The fraction of sp³-hybridized carbons (Fsp3) is 0.0741. The van der Waals surface area contributed by atoms with E-state index in [1.54, 1.807) is 47.4 Å². The van der Waals surface area contributed by atoms with Gasteiger partial charge in [-0.3, -0.25) is 9.78 Å². The maximum absolute atomic E-state index is 13.0. The second kappa shape index (κ2) is 10.3. The van der Waals surface area contributed by atoms with Gasteiger partial charge in [0, 0.05) is 30.1 Å². The molecule has 0 aliphatic rings. The first-order valence-electron chi connectivity index (χ1n) is 11.2. The number of carbonyl (C=O) groups is 1. The maximum atomic E-state index is 13.0. The Balaban J connectivity index is 1.52. The summed E-state index contributed by atoms with van der Waals surface area (Å²) in [4.78, 5) is 19.0. The first kappa shape index (κ1) is 24.9. The number of carbonyl (C=O) groups excluding carboxylic acids is 1. The van der Waals surface area contributed by atoms with E-state index < -0.39 is 9.84 Å². The fourth-order valence-corrected chi connectivity index (χ4v) is 5.65. The minimum absolute atomic E-state index is 0.248. The van der Waals surface area contributed by atoms with Crippen LogP contribution in [0.3, 0.4) is 0 Å². The first-order chi connectivity index (χ1) is 17.8. The molecule has 186 valence electrons. The summed E-state index contributed by atoms with van der Waals surface area (Å²) < 4.78 is 25.7. The molecule has 10 heteroatoms. The van der Waals surface area contributed by atoms with Gasteiger partial charge < -0.3 is 5.32 Å². The van der Waals surface area contributed by atoms with Crippen LogP contribution in [0, 0.1) is 0 Å². The largest absolute Gasteiger partial charge is 0.347 e. The van der Waals surface area contributed by atoms with E-state index in [0.29, 0.717) is 22.9 Å². The zero-order valence-corrected chi connectivity index (χ0v) is 22.0. The summed E-state index contributed by atoms with van der Waals surface area (Å²) in [6.45, 7) is 0.343. The van der Waals surface area contributed by atoms with Gasteiger partial charge in [0.2, 0.25) is 0 Å². The standard InChI is InChI=1S/C27H21ClN4O3S2/c1-37(34,35)20-6-4-5-19(15-20)25-9-10-26(36-25)24-16-22(27(33)30-17-18-11-13-29-14-12-18)31-32(24)23-8-3-2-7-21(23)28/h2-16H,17H2,1H3,(H,30,33).